The Kier molecular flexibility index (Phi) is 5.38. The molecule has 25 heavy (non-hydrogen) atoms. The lowest BCUT2D eigenvalue weighted by molar-refractivity contribution is -0.121. The first-order chi connectivity index (χ1) is 12.1. The molecule has 0 bridgehead atoms. The average molecular weight is 357 g/mol. The van der Waals surface area contributed by atoms with Crippen LogP contribution in [0, 0.1) is 5.92 Å². The zero-order valence-electron chi connectivity index (χ0n) is 14.8. The van der Waals surface area contributed by atoms with E-state index >= 15 is 0 Å². The summed E-state index contributed by atoms with van der Waals surface area (Å²) < 4.78 is 7.28. The van der Waals surface area contributed by atoms with E-state index in [4.69, 9.17) is 4.74 Å². The first-order valence-electron chi connectivity index (χ1n) is 8.43. The molecule has 1 aromatic carbocycles. The van der Waals surface area contributed by atoms with Gasteiger partial charge >= 0.3 is 0 Å². The van der Waals surface area contributed by atoms with Crippen molar-refractivity contribution >= 4 is 22.2 Å². The van der Waals surface area contributed by atoms with E-state index in [1.54, 1.807) is 18.4 Å². The molecule has 6 heteroatoms. The Morgan fingerprint density at radius 3 is 2.76 bits per heavy atom. The molecule has 132 valence electrons. The molecule has 5 nitrogen and oxygen atoms in total. The van der Waals surface area contributed by atoms with Crippen LogP contribution in [-0.2, 0) is 11.2 Å². The minimum atomic E-state index is 0.101. The number of hydrogen-bond donors (Lipinski definition) is 1. The van der Waals surface area contributed by atoms with Crippen LogP contribution in [0.3, 0.4) is 0 Å². The summed E-state index contributed by atoms with van der Waals surface area (Å²) >= 11 is 1.60. The van der Waals surface area contributed by atoms with E-state index in [2.05, 4.69) is 33.9 Å². The van der Waals surface area contributed by atoms with Gasteiger partial charge in [0.1, 0.15) is 5.75 Å². The van der Waals surface area contributed by atoms with E-state index in [9.17, 15) is 4.79 Å². The van der Waals surface area contributed by atoms with Crippen LogP contribution >= 0.6 is 11.3 Å². The molecule has 0 radical (unpaired) electrons. The number of imidazole rings is 1. The van der Waals surface area contributed by atoms with Gasteiger partial charge in [0.25, 0.3) is 0 Å². The largest absolute Gasteiger partial charge is 0.497 e. The number of hydrogen-bond acceptors (Lipinski definition) is 4. The molecule has 0 saturated carbocycles. The van der Waals surface area contributed by atoms with Gasteiger partial charge < -0.3 is 10.1 Å². The molecule has 0 aliphatic heterocycles. The van der Waals surface area contributed by atoms with Gasteiger partial charge in [0, 0.05) is 35.8 Å². The van der Waals surface area contributed by atoms with Crippen LogP contribution in [0.2, 0.25) is 0 Å². The van der Waals surface area contributed by atoms with Crippen LogP contribution in [-0.4, -0.2) is 28.9 Å². The minimum Gasteiger partial charge on any atom is -0.497 e. The lowest BCUT2D eigenvalue weighted by Gasteiger charge is -2.07. The van der Waals surface area contributed by atoms with Gasteiger partial charge in [-0.25, -0.2) is 4.98 Å². The number of amides is 1. The number of aromatic nitrogens is 2. The van der Waals surface area contributed by atoms with Crippen molar-refractivity contribution in [1.29, 1.82) is 0 Å². The molecule has 0 fully saturated rings. The fourth-order valence-electron chi connectivity index (χ4n) is 2.56. The maximum Gasteiger partial charge on any atom is 0.220 e. The lowest BCUT2D eigenvalue weighted by Crippen LogP contribution is -2.27. The first-order valence-corrected chi connectivity index (χ1v) is 9.31. The van der Waals surface area contributed by atoms with Crippen LogP contribution in [0.4, 0.5) is 0 Å². The third kappa shape index (κ3) is 4.20. The van der Waals surface area contributed by atoms with E-state index < -0.39 is 0 Å². The number of carbonyl (C=O) groups is 1. The SMILES string of the molecule is COc1ccc(-c2cn3c(CCC(=O)NCC(C)C)csc3n2)cc1. The minimum absolute atomic E-state index is 0.101. The van der Waals surface area contributed by atoms with Crippen LogP contribution in [0.15, 0.2) is 35.8 Å². The highest BCUT2D eigenvalue weighted by atomic mass is 32.1. The van der Waals surface area contributed by atoms with Gasteiger partial charge in [-0.3, -0.25) is 9.20 Å². The summed E-state index contributed by atoms with van der Waals surface area (Å²) in [7, 11) is 1.66. The molecule has 0 aliphatic rings. The summed E-state index contributed by atoms with van der Waals surface area (Å²) in [6.07, 6.45) is 3.24. The smallest absolute Gasteiger partial charge is 0.220 e. The van der Waals surface area contributed by atoms with Crippen LogP contribution in [0.1, 0.15) is 26.0 Å². The second kappa shape index (κ2) is 7.70. The average Bonchev–Trinajstić information content (AvgIpc) is 3.19. The highest BCUT2D eigenvalue weighted by molar-refractivity contribution is 7.15. The van der Waals surface area contributed by atoms with Crippen molar-refractivity contribution < 1.29 is 9.53 Å². The van der Waals surface area contributed by atoms with Crippen molar-refractivity contribution in [2.45, 2.75) is 26.7 Å². The van der Waals surface area contributed by atoms with E-state index in [1.807, 2.05) is 30.5 Å². The van der Waals surface area contributed by atoms with Crippen molar-refractivity contribution in [3.05, 3.63) is 41.5 Å². The zero-order valence-corrected chi connectivity index (χ0v) is 15.6. The monoisotopic (exact) mass is 357 g/mol. The molecule has 1 amide bonds. The number of fused-ring (bicyclic) bond motifs is 1. The van der Waals surface area contributed by atoms with Gasteiger partial charge in [0.15, 0.2) is 4.96 Å². The normalized spacial score (nSPS) is 11.2. The van der Waals surface area contributed by atoms with Crippen molar-refractivity contribution in [2.75, 3.05) is 13.7 Å². The Labute approximate surface area is 151 Å². The predicted octanol–water partition coefficient (Wildman–Crippen LogP) is 3.78. The number of ether oxygens (including phenoxy) is 1. The number of methoxy groups -OCH3 is 1. The quantitative estimate of drug-likeness (QED) is 0.700. The molecule has 3 aromatic rings. The number of carbonyl (C=O) groups excluding carboxylic acids is 1. The molecule has 0 atom stereocenters. The van der Waals surface area contributed by atoms with Crippen molar-refractivity contribution in [3.8, 4) is 17.0 Å². The van der Waals surface area contributed by atoms with E-state index in [0.29, 0.717) is 18.8 Å². The standard InChI is InChI=1S/C19H23N3O2S/c1-13(2)10-20-18(23)9-6-15-12-25-19-21-17(11-22(15)19)14-4-7-16(24-3)8-5-14/h4-5,7-8,11-13H,6,9-10H2,1-3H3,(H,20,23). The lowest BCUT2D eigenvalue weighted by atomic mass is 10.1. The summed E-state index contributed by atoms with van der Waals surface area (Å²) in [6.45, 7) is 4.91. The number of aryl methyl sites for hydroxylation is 1. The molecule has 2 aromatic heterocycles. The number of benzene rings is 1. The molecule has 3 rings (SSSR count). The van der Waals surface area contributed by atoms with E-state index in [0.717, 1.165) is 34.2 Å². The number of nitrogens with one attached hydrogen (secondary N) is 1. The summed E-state index contributed by atoms with van der Waals surface area (Å²) in [5.41, 5.74) is 3.10. The number of thiazole rings is 1. The van der Waals surface area contributed by atoms with Crippen molar-refractivity contribution in [3.63, 3.8) is 0 Å². The maximum atomic E-state index is 11.9. The third-order valence-electron chi connectivity index (χ3n) is 3.98. The number of rotatable bonds is 7. The molecule has 0 aliphatic carbocycles. The highest BCUT2D eigenvalue weighted by Gasteiger charge is 2.11. The van der Waals surface area contributed by atoms with Crippen LogP contribution in [0.5, 0.6) is 5.75 Å². The molecule has 2 heterocycles. The van der Waals surface area contributed by atoms with Crippen LogP contribution in [0.25, 0.3) is 16.2 Å². The van der Waals surface area contributed by atoms with Gasteiger partial charge in [0.2, 0.25) is 5.91 Å². The van der Waals surface area contributed by atoms with Gasteiger partial charge in [-0.1, -0.05) is 13.8 Å². The molecule has 0 unspecified atom stereocenters. The van der Waals surface area contributed by atoms with Gasteiger partial charge in [-0.05, 0) is 36.6 Å². The number of nitrogens with zero attached hydrogens (tertiary/aromatic N) is 2. The third-order valence-corrected chi connectivity index (χ3v) is 4.87. The Morgan fingerprint density at radius 1 is 1.32 bits per heavy atom. The first kappa shape index (κ1) is 17.5. The van der Waals surface area contributed by atoms with Gasteiger partial charge in [-0.2, -0.15) is 0 Å². The van der Waals surface area contributed by atoms with E-state index in [-0.39, 0.29) is 5.91 Å². The fourth-order valence-corrected chi connectivity index (χ4v) is 3.47. The van der Waals surface area contributed by atoms with Gasteiger partial charge in [0.05, 0.1) is 12.8 Å². The maximum absolute atomic E-state index is 11.9. The summed E-state index contributed by atoms with van der Waals surface area (Å²) in [4.78, 5) is 17.6. The van der Waals surface area contributed by atoms with Crippen molar-refractivity contribution in [1.82, 2.24) is 14.7 Å². The van der Waals surface area contributed by atoms with Crippen LogP contribution < -0.4 is 10.1 Å². The predicted molar refractivity (Wildman–Crippen MR) is 101 cm³/mol. The second-order valence-corrected chi connectivity index (χ2v) is 7.27. The van der Waals surface area contributed by atoms with E-state index in [1.165, 1.54) is 0 Å². The Morgan fingerprint density at radius 2 is 2.08 bits per heavy atom. The zero-order chi connectivity index (χ0) is 17.8. The Hall–Kier alpha value is -2.34. The molecular formula is C19H23N3O2S. The topological polar surface area (TPSA) is 55.6 Å². The fraction of sp³-hybridized carbons (Fsp3) is 0.368. The highest BCUT2D eigenvalue weighted by Crippen LogP contribution is 2.25. The molecule has 0 spiro atoms. The Bertz CT molecular complexity index is 849. The molecule has 0 saturated heterocycles. The van der Waals surface area contributed by atoms with Crippen molar-refractivity contribution in [2.24, 2.45) is 5.92 Å². The molecule has 1 N–H and O–H groups in total. The van der Waals surface area contributed by atoms with Gasteiger partial charge in [-0.15, -0.1) is 11.3 Å². The second-order valence-electron chi connectivity index (χ2n) is 6.43. The summed E-state index contributed by atoms with van der Waals surface area (Å²) in [5.74, 6) is 1.40. The molecular weight excluding hydrogens is 334 g/mol. The summed E-state index contributed by atoms with van der Waals surface area (Å²) in [6, 6.07) is 7.88. The summed E-state index contributed by atoms with van der Waals surface area (Å²) in [5, 5.41) is 5.04. The Balaban J connectivity index is 1.70.